The lowest BCUT2D eigenvalue weighted by Crippen LogP contribution is -2.24. The van der Waals surface area contributed by atoms with Crippen molar-refractivity contribution < 1.29 is 9.13 Å². The Morgan fingerprint density at radius 3 is 2.57 bits per heavy atom. The van der Waals surface area contributed by atoms with E-state index in [0.717, 1.165) is 30.4 Å². The molecule has 0 bridgehead atoms. The van der Waals surface area contributed by atoms with Gasteiger partial charge >= 0.3 is 0 Å². The molecule has 0 saturated heterocycles. The van der Waals surface area contributed by atoms with Crippen molar-refractivity contribution in [1.82, 2.24) is 0 Å². The van der Waals surface area contributed by atoms with E-state index in [-0.39, 0.29) is 11.9 Å². The van der Waals surface area contributed by atoms with E-state index in [4.69, 9.17) is 4.74 Å². The standard InChI is InChI=1S/C15H11Br3FNO/c16-9-5-12(17)15(13(18)6-9)20-7-11-4-8-3-10(19)1-2-14(8)21-11/h1-3,5-6,11,20H,4,7H2. The van der Waals surface area contributed by atoms with E-state index in [0.29, 0.717) is 13.0 Å². The van der Waals surface area contributed by atoms with Gasteiger partial charge in [-0.2, -0.15) is 0 Å². The molecule has 1 N–H and O–H groups in total. The van der Waals surface area contributed by atoms with Crippen molar-refractivity contribution in [3.63, 3.8) is 0 Å². The number of anilines is 1. The van der Waals surface area contributed by atoms with E-state index >= 15 is 0 Å². The number of fused-ring (bicyclic) bond motifs is 1. The van der Waals surface area contributed by atoms with Gasteiger partial charge in [0.15, 0.2) is 0 Å². The van der Waals surface area contributed by atoms with E-state index in [9.17, 15) is 4.39 Å². The maximum atomic E-state index is 13.2. The fourth-order valence-electron chi connectivity index (χ4n) is 2.33. The van der Waals surface area contributed by atoms with Gasteiger partial charge in [0.1, 0.15) is 17.7 Å². The van der Waals surface area contributed by atoms with Crippen LogP contribution in [0.3, 0.4) is 0 Å². The summed E-state index contributed by atoms with van der Waals surface area (Å²) in [7, 11) is 0. The topological polar surface area (TPSA) is 21.3 Å². The van der Waals surface area contributed by atoms with Gasteiger partial charge in [0.25, 0.3) is 0 Å². The third-order valence-corrected chi connectivity index (χ3v) is 4.99. The molecule has 1 aliphatic heterocycles. The van der Waals surface area contributed by atoms with Crippen LogP contribution in [0.25, 0.3) is 0 Å². The lowest BCUT2D eigenvalue weighted by molar-refractivity contribution is 0.246. The number of ether oxygens (including phenoxy) is 1. The molecule has 110 valence electrons. The highest BCUT2D eigenvalue weighted by Crippen LogP contribution is 2.35. The van der Waals surface area contributed by atoms with Gasteiger partial charge in [-0.05, 0) is 62.2 Å². The van der Waals surface area contributed by atoms with Crippen LogP contribution in [-0.4, -0.2) is 12.6 Å². The van der Waals surface area contributed by atoms with E-state index in [1.165, 1.54) is 6.07 Å². The number of nitrogens with one attached hydrogen (secondary N) is 1. The first-order valence-corrected chi connectivity index (χ1v) is 8.74. The molecule has 0 spiro atoms. The van der Waals surface area contributed by atoms with E-state index < -0.39 is 0 Å². The van der Waals surface area contributed by atoms with Gasteiger partial charge in [-0.25, -0.2) is 4.39 Å². The zero-order valence-corrected chi connectivity index (χ0v) is 15.6. The van der Waals surface area contributed by atoms with Crippen molar-refractivity contribution in [2.24, 2.45) is 0 Å². The molecule has 21 heavy (non-hydrogen) atoms. The van der Waals surface area contributed by atoms with Crippen LogP contribution in [0.5, 0.6) is 5.75 Å². The fraction of sp³-hybridized carbons (Fsp3) is 0.200. The minimum atomic E-state index is -0.218. The predicted molar refractivity (Wildman–Crippen MR) is 92.6 cm³/mol. The van der Waals surface area contributed by atoms with Gasteiger partial charge in [0.05, 0.1) is 12.2 Å². The Labute approximate surface area is 147 Å². The summed E-state index contributed by atoms with van der Waals surface area (Å²) >= 11 is 10.5. The third-order valence-electron chi connectivity index (χ3n) is 3.28. The fourth-order valence-corrected chi connectivity index (χ4v) is 4.87. The Hall–Kier alpha value is -0.590. The summed E-state index contributed by atoms with van der Waals surface area (Å²) in [6.07, 6.45) is 0.718. The second-order valence-electron chi connectivity index (χ2n) is 4.82. The molecule has 2 nitrogen and oxygen atoms in total. The minimum Gasteiger partial charge on any atom is -0.488 e. The SMILES string of the molecule is Fc1ccc2c(c1)CC(CNc1c(Br)cc(Br)cc1Br)O2. The second kappa shape index (κ2) is 6.26. The molecule has 1 unspecified atom stereocenters. The van der Waals surface area contributed by atoms with Gasteiger partial charge in [0, 0.05) is 25.4 Å². The molecule has 0 saturated carbocycles. The maximum absolute atomic E-state index is 13.2. The Morgan fingerprint density at radius 1 is 1.14 bits per heavy atom. The number of halogens is 4. The lowest BCUT2D eigenvalue weighted by Gasteiger charge is -2.15. The highest BCUT2D eigenvalue weighted by atomic mass is 79.9. The van der Waals surface area contributed by atoms with Crippen LogP contribution in [0.2, 0.25) is 0 Å². The largest absolute Gasteiger partial charge is 0.488 e. The van der Waals surface area contributed by atoms with Crippen LogP contribution in [-0.2, 0) is 6.42 Å². The summed E-state index contributed by atoms with van der Waals surface area (Å²) in [6.45, 7) is 0.648. The van der Waals surface area contributed by atoms with Crippen LogP contribution in [0.4, 0.5) is 10.1 Å². The van der Waals surface area contributed by atoms with Crippen LogP contribution < -0.4 is 10.1 Å². The quantitative estimate of drug-likeness (QED) is 0.625. The average Bonchev–Trinajstić information content (AvgIpc) is 2.79. The summed E-state index contributed by atoms with van der Waals surface area (Å²) in [5, 5.41) is 3.37. The maximum Gasteiger partial charge on any atom is 0.123 e. The molecule has 2 aromatic rings. The first-order chi connectivity index (χ1) is 10.0. The molecule has 6 heteroatoms. The Kier molecular flexibility index (Phi) is 4.57. The summed E-state index contributed by atoms with van der Waals surface area (Å²) < 4.78 is 21.9. The van der Waals surface area contributed by atoms with Crippen molar-refractivity contribution in [3.8, 4) is 5.75 Å². The monoisotopic (exact) mass is 477 g/mol. The van der Waals surface area contributed by atoms with Gasteiger partial charge in [-0.15, -0.1) is 0 Å². The normalized spacial score (nSPS) is 16.5. The third kappa shape index (κ3) is 3.43. The van der Waals surface area contributed by atoms with Gasteiger partial charge in [-0.3, -0.25) is 0 Å². The molecule has 2 aromatic carbocycles. The van der Waals surface area contributed by atoms with Crippen molar-refractivity contribution in [2.45, 2.75) is 12.5 Å². The Morgan fingerprint density at radius 2 is 1.86 bits per heavy atom. The zero-order chi connectivity index (χ0) is 15.0. The highest BCUT2D eigenvalue weighted by Gasteiger charge is 2.23. The number of hydrogen-bond donors (Lipinski definition) is 1. The van der Waals surface area contributed by atoms with Crippen LogP contribution in [0.15, 0.2) is 43.7 Å². The van der Waals surface area contributed by atoms with Gasteiger partial charge in [0.2, 0.25) is 0 Å². The first-order valence-electron chi connectivity index (χ1n) is 6.36. The molecule has 1 aliphatic rings. The van der Waals surface area contributed by atoms with Crippen LogP contribution >= 0.6 is 47.8 Å². The van der Waals surface area contributed by atoms with Gasteiger partial charge in [-0.1, -0.05) is 15.9 Å². The second-order valence-corrected chi connectivity index (χ2v) is 7.45. The first kappa shape index (κ1) is 15.3. The molecule has 1 atom stereocenters. The predicted octanol–water partition coefficient (Wildman–Crippen LogP) is 5.53. The van der Waals surface area contributed by atoms with Crippen LogP contribution in [0, 0.1) is 5.82 Å². The van der Waals surface area contributed by atoms with Crippen molar-refractivity contribution in [3.05, 3.63) is 55.1 Å². The average molecular weight is 480 g/mol. The molecule has 3 rings (SSSR count). The molecule has 0 aromatic heterocycles. The molecule has 0 aliphatic carbocycles. The lowest BCUT2D eigenvalue weighted by atomic mass is 10.1. The van der Waals surface area contributed by atoms with Crippen molar-refractivity contribution >= 4 is 53.5 Å². The number of rotatable bonds is 3. The van der Waals surface area contributed by atoms with Crippen LogP contribution in [0.1, 0.15) is 5.56 Å². The highest BCUT2D eigenvalue weighted by molar-refractivity contribution is 9.11. The van der Waals surface area contributed by atoms with Crippen molar-refractivity contribution in [2.75, 3.05) is 11.9 Å². The molecule has 1 heterocycles. The summed E-state index contributed by atoms with van der Waals surface area (Å²) in [5.41, 5.74) is 1.90. The van der Waals surface area contributed by atoms with Crippen molar-refractivity contribution in [1.29, 1.82) is 0 Å². The molecule has 0 amide bonds. The minimum absolute atomic E-state index is 0.00393. The van der Waals surface area contributed by atoms with E-state index in [1.807, 2.05) is 12.1 Å². The zero-order valence-electron chi connectivity index (χ0n) is 10.8. The number of hydrogen-bond acceptors (Lipinski definition) is 2. The van der Waals surface area contributed by atoms with E-state index in [2.05, 4.69) is 53.1 Å². The summed E-state index contributed by atoms with van der Waals surface area (Å²) in [6, 6.07) is 8.62. The number of benzene rings is 2. The van der Waals surface area contributed by atoms with E-state index in [1.54, 1.807) is 12.1 Å². The molecule has 0 radical (unpaired) electrons. The molecular weight excluding hydrogens is 469 g/mol. The smallest absolute Gasteiger partial charge is 0.123 e. The summed E-state index contributed by atoms with van der Waals surface area (Å²) in [5.74, 6) is 0.557. The Balaban J connectivity index is 1.68. The van der Waals surface area contributed by atoms with Gasteiger partial charge < -0.3 is 10.1 Å². The molecular formula is C15H11Br3FNO. The summed E-state index contributed by atoms with van der Waals surface area (Å²) in [4.78, 5) is 0. The Bertz CT molecular complexity index is 670. The molecule has 0 fully saturated rings.